The van der Waals surface area contributed by atoms with Gasteiger partial charge in [0.25, 0.3) is 0 Å². The number of nitrogens with zero attached hydrogens (tertiary/aromatic N) is 1. The first-order valence-electron chi connectivity index (χ1n) is 8.01. The average Bonchev–Trinajstić information content (AvgIpc) is 2.38. The molecular weight excluding hydrogens is 288 g/mol. The number of nitrogens with two attached hydrogens (primary N) is 1. The van der Waals surface area contributed by atoms with E-state index in [-0.39, 0.29) is 35.9 Å². The first-order valence-corrected chi connectivity index (χ1v) is 8.01. The van der Waals surface area contributed by atoms with Crippen LogP contribution < -0.4 is 5.73 Å². The minimum atomic E-state index is 0. The van der Waals surface area contributed by atoms with E-state index >= 15 is 0 Å². The van der Waals surface area contributed by atoms with Gasteiger partial charge in [0, 0.05) is 37.1 Å². The first-order chi connectivity index (χ1) is 9.34. The van der Waals surface area contributed by atoms with Gasteiger partial charge in [-0.25, -0.2) is 0 Å². The number of amides is 1. The maximum atomic E-state index is 12.5. The molecule has 0 radical (unpaired) electrons. The fourth-order valence-corrected chi connectivity index (χ4v) is 3.07. The van der Waals surface area contributed by atoms with E-state index in [9.17, 15) is 4.79 Å². The van der Waals surface area contributed by atoms with Gasteiger partial charge in [0.1, 0.15) is 0 Å². The Bertz CT molecular complexity index is 321. The largest absolute Gasteiger partial charge is 0.378 e. The van der Waals surface area contributed by atoms with Gasteiger partial charge in [-0.15, -0.1) is 12.4 Å². The van der Waals surface area contributed by atoms with E-state index < -0.39 is 0 Å². The van der Waals surface area contributed by atoms with Crippen molar-refractivity contribution in [3.05, 3.63) is 0 Å². The predicted molar refractivity (Wildman–Crippen MR) is 89.7 cm³/mol. The highest BCUT2D eigenvalue weighted by atomic mass is 35.5. The summed E-state index contributed by atoms with van der Waals surface area (Å²) < 4.78 is 5.77. The van der Waals surface area contributed by atoms with Gasteiger partial charge in [-0.2, -0.15) is 0 Å². The van der Waals surface area contributed by atoms with Gasteiger partial charge in [-0.05, 0) is 33.1 Å². The van der Waals surface area contributed by atoms with Crippen LogP contribution in [0.25, 0.3) is 0 Å². The molecule has 0 aliphatic heterocycles. The van der Waals surface area contributed by atoms with Gasteiger partial charge in [0.05, 0.1) is 6.10 Å². The van der Waals surface area contributed by atoms with Crippen molar-refractivity contribution in [1.82, 2.24) is 4.90 Å². The van der Waals surface area contributed by atoms with Crippen molar-refractivity contribution in [1.29, 1.82) is 0 Å². The lowest BCUT2D eigenvalue weighted by Crippen LogP contribution is -2.63. The minimum absolute atomic E-state index is 0. The summed E-state index contributed by atoms with van der Waals surface area (Å²) in [4.78, 5) is 14.5. The summed E-state index contributed by atoms with van der Waals surface area (Å²) in [6.45, 7) is 12.1. The van der Waals surface area contributed by atoms with E-state index in [1.807, 2.05) is 13.8 Å². The van der Waals surface area contributed by atoms with Crippen LogP contribution in [0.2, 0.25) is 0 Å². The molecule has 5 heteroatoms. The molecule has 1 saturated carbocycles. The van der Waals surface area contributed by atoms with Crippen LogP contribution in [-0.4, -0.2) is 42.1 Å². The van der Waals surface area contributed by atoms with E-state index in [1.54, 1.807) is 0 Å². The van der Waals surface area contributed by atoms with Crippen LogP contribution in [0.15, 0.2) is 0 Å². The average molecular weight is 321 g/mol. The third-order valence-corrected chi connectivity index (χ3v) is 4.47. The summed E-state index contributed by atoms with van der Waals surface area (Å²) in [5, 5.41) is 0. The molecule has 0 heterocycles. The third-order valence-electron chi connectivity index (χ3n) is 4.47. The summed E-state index contributed by atoms with van der Waals surface area (Å²) >= 11 is 0. The van der Waals surface area contributed by atoms with Crippen LogP contribution in [0, 0.1) is 5.41 Å². The zero-order valence-corrected chi connectivity index (χ0v) is 15.0. The quantitative estimate of drug-likeness (QED) is 0.748. The van der Waals surface area contributed by atoms with Crippen molar-refractivity contribution in [2.45, 2.75) is 78.5 Å². The summed E-state index contributed by atoms with van der Waals surface area (Å²) in [7, 11) is 0. The summed E-state index contributed by atoms with van der Waals surface area (Å²) in [6.07, 6.45) is 3.56. The van der Waals surface area contributed by atoms with Crippen molar-refractivity contribution in [2.24, 2.45) is 11.1 Å². The molecule has 4 nitrogen and oxygen atoms in total. The molecule has 1 rings (SSSR count). The summed E-state index contributed by atoms with van der Waals surface area (Å²) in [5.74, 6) is 0.247. The topological polar surface area (TPSA) is 55.6 Å². The van der Waals surface area contributed by atoms with Crippen molar-refractivity contribution in [2.75, 3.05) is 13.2 Å². The van der Waals surface area contributed by atoms with Gasteiger partial charge < -0.3 is 15.4 Å². The lowest BCUT2D eigenvalue weighted by atomic mass is 9.63. The number of ether oxygens (including phenoxy) is 1. The molecule has 1 aliphatic rings. The second-order valence-corrected chi connectivity index (χ2v) is 6.62. The van der Waals surface area contributed by atoms with Gasteiger partial charge >= 0.3 is 0 Å². The Balaban J connectivity index is 0.00000400. The number of carbonyl (C=O) groups excluding carboxylic acids is 1. The number of rotatable bonds is 8. The standard InChI is InChI=1S/C16H32N2O2.ClH/c1-6-10-18(15(19)9-8-12(3)17)13-11-14(20-7-2)16(13,4)5;/h12-14H,6-11,17H2,1-5H3;1H. The van der Waals surface area contributed by atoms with E-state index in [4.69, 9.17) is 10.5 Å². The Morgan fingerprint density at radius 1 is 1.43 bits per heavy atom. The normalized spacial score (nSPS) is 24.7. The highest BCUT2D eigenvalue weighted by Crippen LogP contribution is 2.46. The highest BCUT2D eigenvalue weighted by molar-refractivity contribution is 5.85. The lowest BCUT2D eigenvalue weighted by molar-refractivity contribution is -0.167. The van der Waals surface area contributed by atoms with Crippen molar-refractivity contribution in [3.8, 4) is 0 Å². The predicted octanol–water partition coefficient (Wildman–Crippen LogP) is 2.98. The Morgan fingerprint density at radius 3 is 2.48 bits per heavy atom. The second-order valence-electron chi connectivity index (χ2n) is 6.62. The van der Waals surface area contributed by atoms with E-state index in [0.717, 1.165) is 32.4 Å². The monoisotopic (exact) mass is 320 g/mol. The molecule has 21 heavy (non-hydrogen) atoms. The summed E-state index contributed by atoms with van der Waals surface area (Å²) in [6, 6.07) is 0.396. The van der Waals surface area contributed by atoms with Crippen LogP contribution >= 0.6 is 12.4 Å². The van der Waals surface area contributed by atoms with Crippen molar-refractivity contribution in [3.63, 3.8) is 0 Å². The lowest BCUT2D eigenvalue weighted by Gasteiger charge is -2.55. The van der Waals surface area contributed by atoms with Crippen molar-refractivity contribution < 1.29 is 9.53 Å². The number of halogens is 1. The van der Waals surface area contributed by atoms with E-state index in [2.05, 4.69) is 25.7 Å². The molecular formula is C16H33ClN2O2. The maximum absolute atomic E-state index is 12.5. The first kappa shape index (κ1) is 20.7. The molecule has 126 valence electrons. The summed E-state index contributed by atoms with van der Waals surface area (Å²) in [5.41, 5.74) is 5.81. The molecule has 2 N–H and O–H groups in total. The molecule has 3 unspecified atom stereocenters. The molecule has 1 fully saturated rings. The Kier molecular flexibility index (Phi) is 8.83. The van der Waals surface area contributed by atoms with Gasteiger partial charge in [-0.1, -0.05) is 20.8 Å². The van der Waals surface area contributed by atoms with Crippen LogP contribution in [0.1, 0.15) is 60.3 Å². The van der Waals surface area contributed by atoms with Gasteiger partial charge in [0.2, 0.25) is 5.91 Å². The SMILES string of the molecule is CCCN(C(=O)CCC(C)N)C1CC(OCC)C1(C)C.Cl. The molecule has 0 bridgehead atoms. The Labute approximate surface area is 136 Å². The minimum Gasteiger partial charge on any atom is -0.378 e. The van der Waals surface area contributed by atoms with Crippen LogP contribution in [-0.2, 0) is 9.53 Å². The fraction of sp³-hybridized carbons (Fsp3) is 0.938. The molecule has 1 aliphatic carbocycles. The fourth-order valence-electron chi connectivity index (χ4n) is 3.07. The second kappa shape index (κ2) is 8.96. The third kappa shape index (κ3) is 5.11. The molecule has 0 aromatic heterocycles. The Morgan fingerprint density at radius 2 is 2.05 bits per heavy atom. The molecule has 0 aromatic carbocycles. The molecule has 0 aromatic rings. The zero-order valence-electron chi connectivity index (χ0n) is 14.2. The van der Waals surface area contributed by atoms with Crippen molar-refractivity contribution >= 4 is 18.3 Å². The van der Waals surface area contributed by atoms with Crippen LogP contribution in [0.4, 0.5) is 0 Å². The van der Waals surface area contributed by atoms with E-state index in [0.29, 0.717) is 12.5 Å². The van der Waals surface area contributed by atoms with Crippen LogP contribution in [0.3, 0.4) is 0 Å². The molecule has 3 atom stereocenters. The van der Waals surface area contributed by atoms with Gasteiger partial charge in [-0.3, -0.25) is 4.79 Å². The number of carbonyl (C=O) groups is 1. The molecule has 1 amide bonds. The smallest absolute Gasteiger partial charge is 0.222 e. The van der Waals surface area contributed by atoms with Gasteiger partial charge in [0.15, 0.2) is 0 Å². The number of hydrogen-bond acceptors (Lipinski definition) is 3. The van der Waals surface area contributed by atoms with E-state index in [1.165, 1.54) is 0 Å². The number of hydrogen-bond donors (Lipinski definition) is 1. The Hall–Kier alpha value is -0.320. The highest BCUT2D eigenvalue weighted by Gasteiger charge is 2.52. The maximum Gasteiger partial charge on any atom is 0.222 e. The molecule has 0 saturated heterocycles. The molecule has 0 spiro atoms. The van der Waals surface area contributed by atoms with Crippen LogP contribution in [0.5, 0.6) is 0 Å². The zero-order chi connectivity index (χ0) is 15.3.